The van der Waals surface area contributed by atoms with Gasteiger partial charge in [-0.25, -0.2) is 9.37 Å². The predicted octanol–water partition coefficient (Wildman–Crippen LogP) is 4.39. The van der Waals surface area contributed by atoms with E-state index in [1.807, 2.05) is 19.1 Å². The molecule has 2 N–H and O–H groups in total. The van der Waals surface area contributed by atoms with E-state index in [4.69, 9.17) is 0 Å². The maximum absolute atomic E-state index is 13.2. The van der Waals surface area contributed by atoms with Crippen LogP contribution >= 0.6 is 15.9 Å². The van der Waals surface area contributed by atoms with Crippen LogP contribution in [0.25, 0.3) is 11.0 Å². The summed E-state index contributed by atoms with van der Waals surface area (Å²) in [4.78, 5) is 7.68. The third-order valence-corrected chi connectivity index (χ3v) is 3.69. The van der Waals surface area contributed by atoms with Crippen molar-refractivity contribution < 1.29 is 4.39 Å². The van der Waals surface area contributed by atoms with Crippen LogP contribution in [-0.4, -0.2) is 9.97 Å². The van der Waals surface area contributed by atoms with Gasteiger partial charge in [0.15, 0.2) is 0 Å². The molecule has 3 nitrogen and oxygen atoms in total. The number of hydrogen-bond donors (Lipinski definition) is 2. The Morgan fingerprint density at radius 3 is 2.90 bits per heavy atom. The van der Waals surface area contributed by atoms with Crippen LogP contribution in [-0.2, 0) is 6.54 Å². The van der Waals surface area contributed by atoms with E-state index >= 15 is 0 Å². The number of hydrogen-bond acceptors (Lipinski definition) is 2. The van der Waals surface area contributed by atoms with Crippen molar-refractivity contribution in [2.75, 3.05) is 5.32 Å². The molecule has 2 aromatic carbocycles. The lowest BCUT2D eigenvalue weighted by Crippen LogP contribution is -2.01. The maximum Gasteiger partial charge on any atom is 0.201 e. The maximum atomic E-state index is 13.2. The number of nitrogens with zero attached hydrogens (tertiary/aromatic N) is 1. The number of nitrogens with one attached hydrogen (secondary N) is 2. The van der Waals surface area contributed by atoms with Gasteiger partial charge in [0.25, 0.3) is 0 Å². The van der Waals surface area contributed by atoms with E-state index in [1.165, 1.54) is 11.6 Å². The molecule has 0 aliphatic carbocycles. The molecule has 3 aromatic rings. The summed E-state index contributed by atoms with van der Waals surface area (Å²) in [7, 11) is 0. The first-order valence-electron chi connectivity index (χ1n) is 6.26. The van der Waals surface area contributed by atoms with E-state index in [2.05, 4.69) is 37.3 Å². The van der Waals surface area contributed by atoms with Crippen LogP contribution in [0.1, 0.15) is 11.1 Å². The monoisotopic (exact) mass is 333 g/mol. The van der Waals surface area contributed by atoms with Crippen molar-refractivity contribution in [1.82, 2.24) is 9.97 Å². The van der Waals surface area contributed by atoms with Gasteiger partial charge in [0.1, 0.15) is 5.82 Å². The largest absolute Gasteiger partial charge is 0.352 e. The van der Waals surface area contributed by atoms with Crippen molar-refractivity contribution in [2.24, 2.45) is 0 Å². The molecule has 0 radical (unpaired) electrons. The number of rotatable bonds is 3. The highest BCUT2D eigenvalue weighted by Gasteiger charge is 2.04. The van der Waals surface area contributed by atoms with Crippen molar-refractivity contribution >= 4 is 32.9 Å². The average Bonchev–Trinajstić information content (AvgIpc) is 2.82. The fourth-order valence-electron chi connectivity index (χ4n) is 2.04. The number of anilines is 1. The number of aromatic nitrogens is 2. The second-order valence-corrected chi connectivity index (χ2v) is 5.56. The molecule has 0 unspecified atom stereocenters. The molecule has 0 saturated heterocycles. The second kappa shape index (κ2) is 5.25. The zero-order chi connectivity index (χ0) is 14.1. The standard InChI is InChI=1S/C15H13BrFN3/c1-9-2-5-13-14(6-9)20-15(19-13)18-8-10-3-4-12(17)11(16)7-10/h2-7H,8H2,1H3,(H2,18,19,20). The molecule has 0 bridgehead atoms. The minimum atomic E-state index is -0.257. The van der Waals surface area contributed by atoms with Crippen molar-refractivity contribution in [3.63, 3.8) is 0 Å². The fraction of sp³-hybridized carbons (Fsp3) is 0.133. The van der Waals surface area contributed by atoms with Crippen molar-refractivity contribution in [2.45, 2.75) is 13.5 Å². The fourth-order valence-corrected chi connectivity index (χ4v) is 2.47. The van der Waals surface area contributed by atoms with Gasteiger partial charge >= 0.3 is 0 Å². The average molecular weight is 334 g/mol. The van der Waals surface area contributed by atoms with Gasteiger partial charge in [0, 0.05) is 6.54 Å². The third kappa shape index (κ3) is 2.67. The number of imidazole rings is 1. The lowest BCUT2D eigenvalue weighted by molar-refractivity contribution is 0.620. The molecule has 102 valence electrons. The molecule has 0 saturated carbocycles. The van der Waals surface area contributed by atoms with Crippen LogP contribution in [0.3, 0.4) is 0 Å². The van der Waals surface area contributed by atoms with Crippen LogP contribution in [0.15, 0.2) is 40.9 Å². The van der Waals surface area contributed by atoms with Crippen LogP contribution in [0.2, 0.25) is 0 Å². The molecule has 0 atom stereocenters. The minimum Gasteiger partial charge on any atom is -0.352 e. The highest BCUT2D eigenvalue weighted by molar-refractivity contribution is 9.10. The van der Waals surface area contributed by atoms with Crippen LogP contribution < -0.4 is 5.32 Å². The summed E-state index contributed by atoms with van der Waals surface area (Å²) >= 11 is 3.18. The van der Waals surface area contributed by atoms with Crippen molar-refractivity contribution in [1.29, 1.82) is 0 Å². The van der Waals surface area contributed by atoms with E-state index < -0.39 is 0 Å². The topological polar surface area (TPSA) is 40.7 Å². The number of fused-ring (bicyclic) bond motifs is 1. The third-order valence-electron chi connectivity index (χ3n) is 3.08. The molecule has 0 aliphatic rings. The van der Waals surface area contributed by atoms with E-state index in [-0.39, 0.29) is 5.82 Å². The summed E-state index contributed by atoms with van der Waals surface area (Å²) < 4.78 is 13.6. The second-order valence-electron chi connectivity index (χ2n) is 4.71. The molecule has 1 heterocycles. The van der Waals surface area contributed by atoms with Gasteiger partial charge in [-0.3, -0.25) is 0 Å². The van der Waals surface area contributed by atoms with Gasteiger partial charge in [-0.1, -0.05) is 12.1 Å². The Balaban J connectivity index is 1.77. The number of aryl methyl sites for hydroxylation is 1. The molecule has 1 aromatic heterocycles. The smallest absolute Gasteiger partial charge is 0.201 e. The Morgan fingerprint density at radius 1 is 1.25 bits per heavy atom. The number of aromatic amines is 1. The number of benzene rings is 2. The molecule has 0 fully saturated rings. The first-order chi connectivity index (χ1) is 9.61. The van der Waals surface area contributed by atoms with Gasteiger partial charge in [0.2, 0.25) is 5.95 Å². The van der Waals surface area contributed by atoms with E-state index in [9.17, 15) is 4.39 Å². The van der Waals surface area contributed by atoms with Crippen LogP contribution in [0, 0.1) is 12.7 Å². The lowest BCUT2D eigenvalue weighted by Gasteiger charge is -2.04. The van der Waals surface area contributed by atoms with Crippen LogP contribution in [0.4, 0.5) is 10.3 Å². The summed E-state index contributed by atoms with van der Waals surface area (Å²) in [6.07, 6.45) is 0. The first kappa shape index (κ1) is 13.1. The molecular formula is C15H13BrFN3. The van der Waals surface area contributed by atoms with E-state index in [1.54, 1.807) is 12.1 Å². The zero-order valence-electron chi connectivity index (χ0n) is 10.9. The number of halogens is 2. The SMILES string of the molecule is Cc1ccc2nc(NCc3ccc(F)c(Br)c3)[nH]c2c1. The van der Waals surface area contributed by atoms with E-state index in [0.29, 0.717) is 17.0 Å². The molecule has 0 amide bonds. The molecule has 3 rings (SSSR count). The summed E-state index contributed by atoms with van der Waals surface area (Å²) in [5.74, 6) is 0.457. The lowest BCUT2D eigenvalue weighted by atomic mass is 10.2. The van der Waals surface area contributed by atoms with Crippen molar-refractivity contribution in [3.8, 4) is 0 Å². The summed E-state index contributed by atoms with van der Waals surface area (Å²) in [5.41, 5.74) is 4.11. The van der Waals surface area contributed by atoms with E-state index in [0.717, 1.165) is 16.6 Å². The quantitative estimate of drug-likeness (QED) is 0.746. The van der Waals surface area contributed by atoms with Gasteiger partial charge in [-0.05, 0) is 58.2 Å². The first-order valence-corrected chi connectivity index (χ1v) is 7.05. The minimum absolute atomic E-state index is 0.257. The molecule has 0 aliphatic heterocycles. The zero-order valence-corrected chi connectivity index (χ0v) is 12.5. The molecule has 0 spiro atoms. The summed E-state index contributed by atoms with van der Waals surface area (Å²) in [5, 5.41) is 3.21. The van der Waals surface area contributed by atoms with Crippen LogP contribution in [0.5, 0.6) is 0 Å². The highest BCUT2D eigenvalue weighted by atomic mass is 79.9. The van der Waals surface area contributed by atoms with Gasteiger partial charge in [0.05, 0.1) is 15.5 Å². The predicted molar refractivity (Wildman–Crippen MR) is 82.3 cm³/mol. The Bertz CT molecular complexity index is 767. The molecule has 5 heteroatoms. The van der Waals surface area contributed by atoms with Gasteiger partial charge < -0.3 is 10.3 Å². The Hall–Kier alpha value is -1.88. The summed E-state index contributed by atoms with van der Waals surface area (Å²) in [6.45, 7) is 2.63. The highest BCUT2D eigenvalue weighted by Crippen LogP contribution is 2.19. The normalized spacial score (nSPS) is 10.9. The Labute approximate surface area is 124 Å². The number of H-pyrrole nitrogens is 1. The Kier molecular flexibility index (Phi) is 3.44. The molecular weight excluding hydrogens is 321 g/mol. The van der Waals surface area contributed by atoms with Crippen molar-refractivity contribution in [3.05, 3.63) is 57.8 Å². The van der Waals surface area contributed by atoms with Gasteiger partial charge in [-0.2, -0.15) is 0 Å². The van der Waals surface area contributed by atoms with Gasteiger partial charge in [-0.15, -0.1) is 0 Å². The Morgan fingerprint density at radius 2 is 2.10 bits per heavy atom. The summed E-state index contributed by atoms with van der Waals surface area (Å²) in [6, 6.07) is 11.0. The molecule has 20 heavy (non-hydrogen) atoms.